The van der Waals surface area contributed by atoms with Crippen LogP contribution in [0, 0.1) is 6.92 Å². The Morgan fingerprint density at radius 2 is 1.96 bits per heavy atom. The summed E-state index contributed by atoms with van der Waals surface area (Å²) in [6.07, 6.45) is 0.858. The van der Waals surface area contributed by atoms with E-state index in [1.807, 2.05) is 61.3 Å². The summed E-state index contributed by atoms with van der Waals surface area (Å²) < 4.78 is 1.58. The van der Waals surface area contributed by atoms with Crippen LogP contribution in [-0.2, 0) is 17.8 Å². The van der Waals surface area contributed by atoms with Crippen LogP contribution < -0.4 is 10.9 Å². The second-order valence-corrected chi connectivity index (χ2v) is 6.68. The van der Waals surface area contributed by atoms with E-state index in [1.165, 1.54) is 6.07 Å². The summed E-state index contributed by atoms with van der Waals surface area (Å²) in [5, 5.41) is 2.96. The molecule has 6 nitrogen and oxygen atoms in total. The van der Waals surface area contributed by atoms with Gasteiger partial charge in [0.1, 0.15) is 5.65 Å². The van der Waals surface area contributed by atoms with Crippen molar-refractivity contribution in [3.05, 3.63) is 75.8 Å². The highest BCUT2D eigenvalue weighted by molar-refractivity contribution is 5.92. The van der Waals surface area contributed by atoms with E-state index in [-0.39, 0.29) is 18.0 Å². The predicted molar refractivity (Wildman–Crippen MR) is 107 cm³/mol. The van der Waals surface area contributed by atoms with Crippen molar-refractivity contribution in [2.45, 2.75) is 26.8 Å². The highest BCUT2D eigenvalue weighted by Crippen LogP contribution is 2.15. The van der Waals surface area contributed by atoms with Crippen molar-refractivity contribution in [2.75, 3.05) is 18.9 Å². The Morgan fingerprint density at radius 3 is 2.74 bits per heavy atom. The number of hydrogen-bond acceptors (Lipinski definition) is 4. The minimum atomic E-state index is -0.108. The Morgan fingerprint density at radius 1 is 1.19 bits per heavy atom. The SMILES string of the molecule is CCc1ccccc1NC(=O)CN(C)Cc1cc(=O)n2c(C)cccc2n1. The van der Waals surface area contributed by atoms with Crippen LogP contribution in [0.3, 0.4) is 0 Å². The predicted octanol–water partition coefficient (Wildman–Crippen LogP) is 2.64. The van der Waals surface area contributed by atoms with Gasteiger partial charge in [-0.25, -0.2) is 4.98 Å². The van der Waals surface area contributed by atoms with Crippen molar-refractivity contribution >= 4 is 17.2 Å². The lowest BCUT2D eigenvalue weighted by atomic mass is 10.1. The van der Waals surface area contributed by atoms with E-state index in [0.717, 1.165) is 23.4 Å². The first kappa shape index (κ1) is 18.8. The highest BCUT2D eigenvalue weighted by Gasteiger charge is 2.11. The van der Waals surface area contributed by atoms with Crippen molar-refractivity contribution in [3.63, 3.8) is 0 Å². The summed E-state index contributed by atoms with van der Waals surface area (Å²) in [5.74, 6) is -0.0910. The number of nitrogens with one attached hydrogen (secondary N) is 1. The molecule has 0 spiro atoms. The van der Waals surface area contributed by atoms with Crippen LogP contribution in [-0.4, -0.2) is 33.8 Å². The van der Waals surface area contributed by atoms with Crippen LogP contribution in [0.5, 0.6) is 0 Å². The van der Waals surface area contributed by atoms with Crippen molar-refractivity contribution in [1.29, 1.82) is 0 Å². The smallest absolute Gasteiger partial charge is 0.258 e. The van der Waals surface area contributed by atoms with Gasteiger partial charge in [-0.1, -0.05) is 31.2 Å². The number of nitrogens with zero attached hydrogens (tertiary/aromatic N) is 3. The molecule has 0 bridgehead atoms. The Labute approximate surface area is 158 Å². The van der Waals surface area contributed by atoms with Gasteiger partial charge < -0.3 is 5.32 Å². The van der Waals surface area contributed by atoms with Crippen LogP contribution >= 0.6 is 0 Å². The van der Waals surface area contributed by atoms with E-state index in [0.29, 0.717) is 17.9 Å². The molecule has 27 heavy (non-hydrogen) atoms. The summed E-state index contributed by atoms with van der Waals surface area (Å²) >= 11 is 0. The topological polar surface area (TPSA) is 66.7 Å². The minimum Gasteiger partial charge on any atom is -0.325 e. The van der Waals surface area contributed by atoms with Crippen molar-refractivity contribution in [1.82, 2.24) is 14.3 Å². The molecule has 3 rings (SSSR count). The number of rotatable bonds is 6. The molecule has 6 heteroatoms. The van der Waals surface area contributed by atoms with Crippen LogP contribution in [0.25, 0.3) is 5.65 Å². The Kier molecular flexibility index (Phi) is 5.66. The lowest BCUT2D eigenvalue weighted by Crippen LogP contribution is -2.31. The lowest BCUT2D eigenvalue weighted by Gasteiger charge is -2.17. The number of carbonyl (C=O) groups is 1. The third kappa shape index (κ3) is 4.41. The van der Waals surface area contributed by atoms with Crippen molar-refractivity contribution < 1.29 is 4.79 Å². The first-order valence-electron chi connectivity index (χ1n) is 9.02. The molecule has 0 aliphatic carbocycles. The van der Waals surface area contributed by atoms with Gasteiger partial charge in [0.25, 0.3) is 5.56 Å². The molecule has 140 valence electrons. The van der Waals surface area contributed by atoms with E-state index in [1.54, 1.807) is 4.40 Å². The number of benzene rings is 1. The lowest BCUT2D eigenvalue weighted by molar-refractivity contribution is -0.117. The molecule has 1 aromatic carbocycles. The number of likely N-dealkylation sites (N-methyl/N-ethyl adjacent to an activating group) is 1. The summed E-state index contributed by atoms with van der Waals surface area (Å²) in [4.78, 5) is 31.1. The highest BCUT2D eigenvalue weighted by atomic mass is 16.2. The van der Waals surface area contributed by atoms with Crippen LogP contribution in [0.4, 0.5) is 5.69 Å². The van der Waals surface area contributed by atoms with Gasteiger partial charge in [0, 0.05) is 24.0 Å². The molecule has 0 aliphatic rings. The number of aromatic nitrogens is 2. The average Bonchev–Trinajstić information content (AvgIpc) is 2.61. The third-order valence-corrected chi connectivity index (χ3v) is 4.45. The van der Waals surface area contributed by atoms with Crippen molar-refractivity contribution in [3.8, 4) is 0 Å². The van der Waals surface area contributed by atoms with Gasteiger partial charge in [-0.05, 0) is 44.2 Å². The summed E-state index contributed by atoms with van der Waals surface area (Å²) in [5.41, 5.74) is 3.95. The first-order chi connectivity index (χ1) is 13.0. The van der Waals surface area contributed by atoms with Gasteiger partial charge >= 0.3 is 0 Å². The fourth-order valence-corrected chi connectivity index (χ4v) is 3.16. The Bertz CT molecular complexity index is 1030. The van der Waals surface area contributed by atoms with E-state index < -0.39 is 0 Å². The molecule has 0 fully saturated rings. The Hall–Kier alpha value is -2.99. The summed E-state index contributed by atoms with van der Waals surface area (Å²) in [6, 6.07) is 14.9. The second-order valence-electron chi connectivity index (χ2n) is 6.68. The van der Waals surface area contributed by atoms with Gasteiger partial charge in [-0.2, -0.15) is 0 Å². The number of anilines is 1. The molecular formula is C21H24N4O2. The maximum atomic E-state index is 12.4. The van der Waals surface area contributed by atoms with Gasteiger partial charge in [0.05, 0.1) is 12.2 Å². The molecule has 0 saturated carbocycles. The van der Waals surface area contributed by atoms with Crippen LogP contribution in [0.15, 0.2) is 53.3 Å². The molecule has 0 atom stereocenters. The quantitative estimate of drug-likeness (QED) is 0.730. The number of aryl methyl sites for hydroxylation is 2. The number of para-hydroxylation sites is 1. The molecule has 0 unspecified atom stereocenters. The van der Waals surface area contributed by atoms with E-state index in [4.69, 9.17) is 0 Å². The standard InChI is InChI=1S/C21H24N4O2/c1-4-16-9-5-6-10-18(16)23-20(26)14-24(3)13-17-12-21(27)25-15(2)8-7-11-19(25)22-17/h5-12H,4,13-14H2,1-3H3,(H,23,26). The molecule has 0 radical (unpaired) electrons. The van der Waals surface area contributed by atoms with Gasteiger partial charge in [-0.15, -0.1) is 0 Å². The van der Waals surface area contributed by atoms with Crippen LogP contribution in [0.2, 0.25) is 0 Å². The fourth-order valence-electron chi connectivity index (χ4n) is 3.16. The number of carbonyl (C=O) groups excluding carboxylic acids is 1. The molecule has 1 N–H and O–H groups in total. The average molecular weight is 364 g/mol. The Balaban J connectivity index is 1.69. The van der Waals surface area contributed by atoms with Crippen molar-refractivity contribution in [2.24, 2.45) is 0 Å². The fraction of sp³-hybridized carbons (Fsp3) is 0.286. The van der Waals surface area contributed by atoms with E-state index in [2.05, 4.69) is 17.2 Å². The normalized spacial score (nSPS) is 11.1. The molecule has 0 aliphatic heterocycles. The minimum absolute atomic E-state index is 0.0910. The summed E-state index contributed by atoms with van der Waals surface area (Å²) in [7, 11) is 1.84. The molecule has 0 saturated heterocycles. The number of pyridine rings is 1. The number of fused-ring (bicyclic) bond motifs is 1. The maximum Gasteiger partial charge on any atom is 0.258 e. The molecule has 2 heterocycles. The number of amides is 1. The molecule has 2 aromatic heterocycles. The van der Waals surface area contributed by atoms with E-state index in [9.17, 15) is 9.59 Å². The van der Waals surface area contributed by atoms with Gasteiger partial charge in [-0.3, -0.25) is 18.9 Å². The second kappa shape index (κ2) is 8.14. The monoisotopic (exact) mass is 364 g/mol. The van der Waals surface area contributed by atoms with Crippen LogP contribution in [0.1, 0.15) is 23.9 Å². The molecule has 3 aromatic rings. The molecular weight excluding hydrogens is 340 g/mol. The largest absolute Gasteiger partial charge is 0.325 e. The van der Waals surface area contributed by atoms with Gasteiger partial charge in [0.15, 0.2) is 0 Å². The maximum absolute atomic E-state index is 12.4. The zero-order valence-electron chi connectivity index (χ0n) is 15.9. The third-order valence-electron chi connectivity index (χ3n) is 4.45. The van der Waals surface area contributed by atoms with Gasteiger partial charge in [0.2, 0.25) is 5.91 Å². The zero-order valence-corrected chi connectivity index (χ0v) is 15.9. The zero-order chi connectivity index (χ0) is 19.4. The first-order valence-corrected chi connectivity index (χ1v) is 9.02. The van der Waals surface area contributed by atoms with E-state index >= 15 is 0 Å². The number of hydrogen-bond donors (Lipinski definition) is 1. The summed E-state index contributed by atoms with van der Waals surface area (Å²) in [6.45, 7) is 4.57. The molecule has 1 amide bonds.